The Morgan fingerprint density at radius 1 is 1.32 bits per heavy atom. The fourth-order valence-electron chi connectivity index (χ4n) is 1.65. The minimum atomic E-state index is -0.272. The predicted octanol–water partition coefficient (Wildman–Crippen LogP) is 2.93. The van der Waals surface area contributed by atoms with Gasteiger partial charge in [-0.25, -0.2) is 0 Å². The molecule has 19 heavy (non-hydrogen) atoms. The zero-order valence-corrected chi connectivity index (χ0v) is 12.1. The minimum Gasteiger partial charge on any atom is -0.497 e. The van der Waals surface area contributed by atoms with Crippen LogP contribution in [0.3, 0.4) is 0 Å². The first-order valence-corrected chi connectivity index (χ1v) is 6.65. The second kappa shape index (κ2) is 6.54. The van der Waals surface area contributed by atoms with Crippen molar-refractivity contribution in [2.24, 2.45) is 5.73 Å². The van der Waals surface area contributed by atoms with Gasteiger partial charge >= 0.3 is 0 Å². The van der Waals surface area contributed by atoms with Crippen LogP contribution in [0.1, 0.15) is 11.8 Å². The zero-order valence-electron chi connectivity index (χ0n) is 10.5. The Balaban J connectivity index is 2.19. The molecular formula is C14H15BrN2O2. The van der Waals surface area contributed by atoms with E-state index < -0.39 is 0 Å². The van der Waals surface area contributed by atoms with Crippen LogP contribution in [0, 0.1) is 0 Å². The fourth-order valence-corrected chi connectivity index (χ4v) is 2.10. The molecule has 0 spiro atoms. The largest absolute Gasteiger partial charge is 0.497 e. The number of halogens is 1. The number of methoxy groups -OCH3 is 1. The maximum Gasteiger partial charge on any atom is 0.153 e. The summed E-state index contributed by atoms with van der Waals surface area (Å²) < 4.78 is 11.9. The van der Waals surface area contributed by atoms with E-state index in [1.54, 1.807) is 13.3 Å². The molecule has 0 saturated heterocycles. The van der Waals surface area contributed by atoms with Crippen LogP contribution in [0.25, 0.3) is 0 Å². The molecule has 1 unspecified atom stereocenters. The maximum absolute atomic E-state index is 5.89. The Morgan fingerprint density at radius 2 is 2.16 bits per heavy atom. The molecule has 0 saturated carbocycles. The molecule has 0 aliphatic carbocycles. The highest BCUT2D eigenvalue weighted by Gasteiger charge is 2.14. The molecule has 0 fully saturated rings. The van der Waals surface area contributed by atoms with Gasteiger partial charge in [0.05, 0.1) is 17.3 Å². The lowest BCUT2D eigenvalue weighted by Gasteiger charge is -2.18. The van der Waals surface area contributed by atoms with Crippen LogP contribution in [0.2, 0.25) is 0 Å². The zero-order chi connectivity index (χ0) is 13.7. The summed E-state index contributed by atoms with van der Waals surface area (Å²) in [6, 6.07) is 11.2. The van der Waals surface area contributed by atoms with Crippen molar-refractivity contribution in [3.8, 4) is 11.5 Å². The lowest BCUT2D eigenvalue weighted by atomic mass is 10.2. The van der Waals surface area contributed by atoms with E-state index in [0.717, 1.165) is 15.9 Å². The molecule has 2 rings (SSSR count). The molecule has 2 aromatic rings. The quantitative estimate of drug-likeness (QED) is 0.919. The highest BCUT2D eigenvalue weighted by Crippen LogP contribution is 2.31. The summed E-state index contributed by atoms with van der Waals surface area (Å²) in [5, 5.41) is 0. The number of aromatic nitrogens is 1. The number of benzene rings is 1. The average Bonchev–Trinajstić information content (AvgIpc) is 2.47. The van der Waals surface area contributed by atoms with Crippen LogP contribution in [-0.4, -0.2) is 18.6 Å². The van der Waals surface area contributed by atoms with Gasteiger partial charge in [-0.15, -0.1) is 0 Å². The van der Waals surface area contributed by atoms with E-state index in [-0.39, 0.29) is 6.10 Å². The molecule has 1 heterocycles. The standard InChI is InChI=1S/C14H15BrN2O2/c1-18-10-5-6-13(11(15)8-10)19-14(9-16)12-4-2-3-7-17-12/h2-8,14H,9,16H2,1H3. The third kappa shape index (κ3) is 3.45. The van der Waals surface area contributed by atoms with E-state index in [1.807, 2.05) is 36.4 Å². The van der Waals surface area contributed by atoms with Gasteiger partial charge in [0, 0.05) is 12.7 Å². The second-order valence-corrected chi connectivity index (χ2v) is 4.75. The van der Waals surface area contributed by atoms with Crippen LogP contribution in [0.4, 0.5) is 0 Å². The number of nitrogens with zero attached hydrogens (tertiary/aromatic N) is 1. The number of pyridine rings is 1. The Labute approximate surface area is 120 Å². The van der Waals surface area contributed by atoms with Crippen molar-refractivity contribution in [2.45, 2.75) is 6.10 Å². The Bertz CT molecular complexity index is 534. The van der Waals surface area contributed by atoms with E-state index >= 15 is 0 Å². The summed E-state index contributed by atoms with van der Waals surface area (Å²) in [6.45, 7) is 0.357. The molecule has 2 N–H and O–H groups in total. The number of rotatable bonds is 5. The Morgan fingerprint density at radius 3 is 2.74 bits per heavy atom. The molecule has 1 aromatic carbocycles. The van der Waals surface area contributed by atoms with Crippen LogP contribution in [0.15, 0.2) is 47.1 Å². The molecule has 0 aliphatic rings. The first kappa shape index (κ1) is 13.8. The van der Waals surface area contributed by atoms with Gasteiger partial charge < -0.3 is 15.2 Å². The molecule has 5 heteroatoms. The van der Waals surface area contributed by atoms with E-state index in [0.29, 0.717) is 12.3 Å². The monoisotopic (exact) mass is 322 g/mol. The first-order valence-electron chi connectivity index (χ1n) is 5.85. The Hall–Kier alpha value is -1.59. The number of ether oxygens (including phenoxy) is 2. The molecule has 1 atom stereocenters. The highest BCUT2D eigenvalue weighted by atomic mass is 79.9. The van der Waals surface area contributed by atoms with Crippen molar-refractivity contribution in [3.63, 3.8) is 0 Å². The number of hydrogen-bond acceptors (Lipinski definition) is 4. The van der Waals surface area contributed by atoms with Crippen molar-refractivity contribution >= 4 is 15.9 Å². The maximum atomic E-state index is 5.89. The summed E-state index contributed by atoms with van der Waals surface area (Å²) in [5.41, 5.74) is 6.57. The molecular weight excluding hydrogens is 308 g/mol. The molecule has 0 radical (unpaired) electrons. The summed E-state index contributed by atoms with van der Waals surface area (Å²) in [6.07, 6.45) is 1.45. The lowest BCUT2D eigenvalue weighted by molar-refractivity contribution is 0.207. The van der Waals surface area contributed by atoms with Crippen molar-refractivity contribution < 1.29 is 9.47 Å². The van der Waals surface area contributed by atoms with Crippen molar-refractivity contribution in [1.82, 2.24) is 4.98 Å². The van der Waals surface area contributed by atoms with Gasteiger partial charge in [0.15, 0.2) is 6.10 Å². The molecule has 1 aromatic heterocycles. The van der Waals surface area contributed by atoms with Crippen LogP contribution in [0.5, 0.6) is 11.5 Å². The number of hydrogen-bond donors (Lipinski definition) is 1. The van der Waals surface area contributed by atoms with Gasteiger partial charge in [0.2, 0.25) is 0 Å². The van der Waals surface area contributed by atoms with Crippen LogP contribution >= 0.6 is 15.9 Å². The smallest absolute Gasteiger partial charge is 0.153 e. The topological polar surface area (TPSA) is 57.4 Å². The molecule has 0 aliphatic heterocycles. The van der Waals surface area contributed by atoms with Crippen molar-refractivity contribution in [3.05, 3.63) is 52.8 Å². The molecule has 100 valence electrons. The lowest BCUT2D eigenvalue weighted by Crippen LogP contribution is -2.19. The third-order valence-electron chi connectivity index (χ3n) is 2.64. The van der Waals surface area contributed by atoms with E-state index in [2.05, 4.69) is 20.9 Å². The van der Waals surface area contributed by atoms with Crippen LogP contribution < -0.4 is 15.2 Å². The Kier molecular flexibility index (Phi) is 4.76. The van der Waals surface area contributed by atoms with Gasteiger partial charge in [-0.05, 0) is 46.3 Å². The number of nitrogens with two attached hydrogens (primary N) is 1. The van der Waals surface area contributed by atoms with Crippen LogP contribution in [-0.2, 0) is 0 Å². The van der Waals surface area contributed by atoms with Gasteiger partial charge in [-0.3, -0.25) is 4.98 Å². The SMILES string of the molecule is COc1ccc(OC(CN)c2ccccn2)c(Br)c1. The highest BCUT2D eigenvalue weighted by molar-refractivity contribution is 9.10. The average molecular weight is 323 g/mol. The fraction of sp³-hybridized carbons (Fsp3) is 0.214. The summed E-state index contributed by atoms with van der Waals surface area (Å²) in [4.78, 5) is 4.26. The second-order valence-electron chi connectivity index (χ2n) is 3.89. The first-order chi connectivity index (χ1) is 9.24. The van der Waals surface area contributed by atoms with Gasteiger partial charge in [0.25, 0.3) is 0 Å². The van der Waals surface area contributed by atoms with E-state index in [9.17, 15) is 0 Å². The van der Waals surface area contributed by atoms with E-state index in [4.69, 9.17) is 15.2 Å². The minimum absolute atomic E-state index is 0.272. The van der Waals surface area contributed by atoms with Gasteiger partial charge in [-0.1, -0.05) is 6.07 Å². The van der Waals surface area contributed by atoms with E-state index in [1.165, 1.54) is 0 Å². The summed E-state index contributed by atoms with van der Waals surface area (Å²) in [7, 11) is 1.62. The molecule has 4 nitrogen and oxygen atoms in total. The predicted molar refractivity (Wildman–Crippen MR) is 77.4 cm³/mol. The summed E-state index contributed by atoms with van der Waals surface area (Å²) >= 11 is 3.45. The molecule has 0 amide bonds. The molecule has 0 bridgehead atoms. The van der Waals surface area contributed by atoms with Crippen molar-refractivity contribution in [1.29, 1.82) is 0 Å². The van der Waals surface area contributed by atoms with Gasteiger partial charge in [0.1, 0.15) is 11.5 Å². The normalized spacial score (nSPS) is 11.9. The summed E-state index contributed by atoms with van der Waals surface area (Å²) in [5.74, 6) is 1.48. The third-order valence-corrected chi connectivity index (χ3v) is 3.26. The van der Waals surface area contributed by atoms with Crippen molar-refractivity contribution in [2.75, 3.05) is 13.7 Å². The van der Waals surface area contributed by atoms with Gasteiger partial charge in [-0.2, -0.15) is 0 Å².